The van der Waals surface area contributed by atoms with Crippen molar-refractivity contribution < 1.29 is 0 Å². The summed E-state index contributed by atoms with van der Waals surface area (Å²) in [7, 11) is 0. The Morgan fingerprint density at radius 1 is 1.36 bits per heavy atom. The lowest BCUT2D eigenvalue weighted by atomic mass is 10.0. The predicted molar refractivity (Wildman–Crippen MR) is 54.8 cm³/mol. The summed E-state index contributed by atoms with van der Waals surface area (Å²) in [4.78, 5) is 2.63. The summed E-state index contributed by atoms with van der Waals surface area (Å²) in [5.74, 6) is 0.230. The van der Waals surface area contributed by atoms with Crippen LogP contribution in [0.3, 0.4) is 0 Å². The molecule has 0 aliphatic heterocycles. The Bertz CT molecular complexity index is 501. The minimum Gasteiger partial charge on any atom is -0.384 e. The van der Waals surface area contributed by atoms with Gasteiger partial charge in [-0.05, 0) is 12.0 Å². The van der Waals surface area contributed by atoms with Gasteiger partial charge in [0, 0.05) is 0 Å². The lowest BCUT2D eigenvalue weighted by Gasteiger charge is -2.06. The number of rotatable bonds is 1. The molecule has 1 aromatic heterocycles. The quantitative estimate of drug-likeness (QED) is 0.680. The van der Waals surface area contributed by atoms with Crippen molar-refractivity contribution in [1.82, 2.24) is 4.98 Å². The normalized spacial score (nSPS) is 9.07. The van der Waals surface area contributed by atoms with Crippen molar-refractivity contribution in [3.05, 3.63) is 21.3 Å². The number of pyridine rings is 1. The van der Waals surface area contributed by atoms with E-state index in [1.807, 2.05) is 19.1 Å². The lowest BCUT2D eigenvalue weighted by Crippen LogP contribution is -2.03. The standard InChI is InChI=1S/C9H8N4S/c1-2-5-6(3-10)8(12)13-9(14)7(5)4-11/h2H2,1H3,(H3,12,13,14). The zero-order valence-corrected chi connectivity index (χ0v) is 8.40. The minimum atomic E-state index is 0.230. The second-order valence-corrected chi connectivity index (χ2v) is 3.08. The first-order chi connectivity index (χ1) is 6.65. The molecule has 0 saturated carbocycles. The number of nitrogens with zero attached hydrogens (tertiary/aromatic N) is 2. The number of aromatic amines is 1. The number of nitrogen functional groups attached to an aromatic ring is 1. The number of nitrogens with one attached hydrogen (secondary N) is 1. The molecule has 0 aromatic carbocycles. The van der Waals surface area contributed by atoms with E-state index < -0.39 is 0 Å². The Morgan fingerprint density at radius 2 is 1.93 bits per heavy atom. The van der Waals surface area contributed by atoms with Gasteiger partial charge in [0.25, 0.3) is 0 Å². The van der Waals surface area contributed by atoms with Gasteiger partial charge < -0.3 is 10.7 Å². The van der Waals surface area contributed by atoms with Crippen LogP contribution in [0.4, 0.5) is 5.82 Å². The minimum absolute atomic E-state index is 0.230. The average molecular weight is 204 g/mol. The number of nitriles is 2. The van der Waals surface area contributed by atoms with Crippen LogP contribution in [0.5, 0.6) is 0 Å². The molecule has 0 bridgehead atoms. The maximum atomic E-state index is 8.85. The number of hydrogen-bond donors (Lipinski definition) is 2. The zero-order chi connectivity index (χ0) is 10.7. The van der Waals surface area contributed by atoms with Gasteiger partial charge in [0.1, 0.15) is 22.6 Å². The summed E-state index contributed by atoms with van der Waals surface area (Å²) in [6.45, 7) is 1.85. The van der Waals surface area contributed by atoms with E-state index in [-0.39, 0.29) is 5.82 Å². The van der Waals surface area contributed by atoms with Crippen molar-refractivity contribution in [3.63, 3.8) is 0 Å². The zero-order valence-electron chi connectivity index (χ0n) is 7.59. The largest absolute Gasteiger partial charge is 0.384 e. The van der Waals surface area contributed by atoms with Crippen LogP contribution < -0.4 is 5.73 Å². The van der Waals surface area contributed by atoms with Gasteiger partial charge in [-0.3, -0.25) is 0 Å². The highest BCUT2D eigenvalue weighted by Gasteiger charge is 2.11. The molecule has 0 aliphatic carbocycles. The third-order valence-corrected chi connectivity index (χ3v) is 2.23. The smallest absolute Gasteiger partial charge is 0.123 e. The Hall–Kier alpha value is -1.85. The van der Waals surface area contributed by atoms with Crippen molar-refractivity contribution in [1.29, 1.82) is 10.5 Å². The Labute approximate surface area is 86.6 Å². The number of nitrogens with two attached hydrogens (primary N) is 1. The van der Waals surface area contributed by atoms with Crippen LogP contribution in [-0.4, -0.2) is 4.98 Å². The van der Waals surface area contributed by atoms with Gasteiger partial charge in [0.15, 0.2) is 0 Å². The molecule has 1 rings (SSSR count). The van der Waals surface area contributed by atoms with E-state index in [9.17, 15) is 0 Å². The molecular formula is C9H8N4S. The Morgan fingerprint density at radius 3 is 2.36 bits per heavy atom. The molecule has 0 fully saturated rings. The van der Waals surface area contributed by atoms with Crippen LogP contribution in [0.1, 0.15) is 23.6 Å². The van der Waals surface area contributed by atoms with Gasteiger partial charge in [0.05, 0.1) is 11.1 Å². The van der Waals surface area contributed by atoms with E-state index in [2.05, 4.69) is 4.98 Å². The molecule has 4 nitrogen and oxygen atoms in total. The number of H-pyrrole nitrogens is 1. The van der Waals surface area contributed by atoms with Crippen molar-refractivity contribution in [2.45, 2.75) is 13.3 Å². The summed E-state index contributed by atoms with van der Waals surface area (Å²) in [6, 6.07) is 3.94. The first-order valence-electron chi connectivity index (χ1n) is 4.00. The van der Waals surface area contributed by atoms with Crippen LogP contribution >= 0.6 is 12.2 Å². The van der Waals surface area contributed by atoms with Crippen molar-refractivity contribution in [2.24, 2.45) is 0 Å². The van der Waals surface area contributed by atoms with Gasteiger partial charge in [-0.25, -0.2) is 0 Å². The van der Waals surface area contributed by atoms with E-state index in [0.717, 1.165) is 0 Å². The second kappa shape index (κ2) is 3.91. The SMILES string of the molecule is CCc1c(C#N)c(N)[nH]c(=S)c1C#N. The van der Waals surface area contributed by atoms with E-state index in [1.165, 1.54) is 0 Å². The van der Waals surface area contributed by atoms with Crippen LogP contribution in [-0.2, 0) is 6.42 Å². The highest BCUT2D eigenvalue weighted by Crippen LogP contribution is 2.19. The van der Waals surface area contributed by atoms with Crippen molar-refractivity contribution >= 4 is 18.0 Å². The fraction of sp³-hybridized carbons (Fsp3) is 0.222. The second-order valence-electron chi connectivity index (χ2n) is 2.67. The topological polar surface area (TPSA) is 89.4 Å². The van der Waals surface area contributed by atoms with Crippen LogP contribution in [0.25, 0.3) is 0 Å². The molecule has 0 saturated heterocycles. The van der Waals surface area contributed by atoms with E-state index in [0.29, 0.717) is 27.8 Å². The molecule has 0 aliphatic rings. The maximum Gasteiger partial charge on any atom is 0.123 e. The molecule has 70 valence electrons. The summed E-state index contributed by atoms with van der Waals surface area (Å²) in [5.41, 5.74) is 6.86. The Kier molecular flexibility index (Phi) is 2.85. The van der Waals surface area contributed by atoms with E-state index in [4.69, 9.17) is 28.5 Å². The van der Waals surface area contributed by atoms with Crippen LogP contribution in [0, 0.1) is 27.3 Å². The Balaban J connectivity index is 3.73. The van der Waals surface area contributed by atoms with Gasteiger partial charge in [-0.1, -0.05) is 19.1 Å². The van der Waals surface area contributed by atoms with Crippen molar-refractivity contribution in [3.8, 4) is 12.1 Å². The third-order valence-electron chi connectivity index (χ3n) is 1.93. The number of hydrogen-bond acceptors (Lipinski definition) is 4. The fourth-order valence-corrected chi connectivity index (χ4v) is 1.55. The molecule has 14 heavy (non-hydrogen) atoms. The molecule has 0 amide bonds. The van der Waals surface area contributed by atoms with Gasteiger partial charge in [-0.2, -0.15) is 10.5 Å². The molecule has 1 aromatic rings. The highest BCUT2D eigenvalue weighted by molar-refractivity contribution is 7.71. The van der Waals surface area contributed by atoms with Gasteiger partial charge >= 0.3 is 0 Å². The fourth-order valence-electron chi connectivity index (χ4n) is 1.27. The van der Waals surface area contributed by atoms with Crippen molar-refractivity contribution in [2.75, 3.05) is 5.73 Å². The molecular weight excluding hydrogens is 196 g/mol. The highest BCUT2D eigenvalue weighted by atomic mass is 32.1. The average Bonchev–Trinajstić information content (AvgIpc) is 2.16. The predicted octanol–water partition coefficient (Wildman–Crippen LogP) is 1.63. The monoisotopic (exact) mass is 204 g/mol. The summed E-state index contributed by atoms with van der Waals surface area (Å²) in [5, 5.41) is 17.7. The lowest BCUT2D eigenvalue weighted by molar-refractivity contribution is 1.09. The first kappa shape index (κ1) is 10.2. The van der Waals surface area contributed by atoms with E-state index >= 15 is 0 Å². The molecule has 0 atom stereocenters. The van der Waals surface area contributed by atoms with Gasteiger partial charge in [-0.15, -0.1) is 0 Å². The van der Waals surface area contributed by atoms with Crippen LogP contribution in [0.2, 0.25) is 0 Å². The molecule has 0 radical (unpaired) electrons. The van der Waals surface area contributed by atoms with E-state index in [1.54, 1.807) is 0 Å². The summed E-state index contributed by atoms with van der Waals surface area (Å²) < 4.78 is 0.292. The van der Waals surface area contributed by atoms with Gasteiger partial charge in [0.2, 0.25) is 0 Å². The van der Waals surface area contributed by atoms with Crippen LogP contribution in [0.15, 0.2) is 0 Å². The molecule has 0 unspecified atom stereocenters. The summed E-state index contributed by atoms with van der Waals surface area (Å²) >= 11 is 4.93. The number of aromatic nitrogens is 1. The number of anilines is 1. The maximum absolute atomic E-state index is 8.85. The third kappa shape index (κ3) is 1.46. The molecule has 1 heterocycles. The summed E-state index contributed by atoms with van der Waals surface area (Å²) in [6.07, 6.45) is 0.564. The molecule has 5 heteroatoms. The molecule has 0 spiro atoms. The first-order valence-corrected chi connectivity index (χ1v) is 4.41. The molecule has 3 N–H and O–H groups in total.